The van der Waals surface area contributed by atoms with E-state index in [9.17, 15) is 22.4 Å². The number of methoxy groups -OCH3 is 1. The summed E-state index contributed by atoms with van der Waals surface area (Å²) in [5, 5.41) is 4.19. The lowest BCUT2D eigenvalue weighted by molar-refractivity contribution is -0.141. The lowest BCUT2D eigenvalue weighted by atomic mass is 10.2. The van der Waals surface area contributed by atoms with Gasteiger partial charge in [0.25, 0.3) is 0 Å². The van der Waals surface area contributed by atoms with Gasteiger partial charge >= 0.3 is 12.1 Å². The molecule has 0 N–H and O–H groups in total. The van der Waals surface area contributed by atoms with Gasteiger partial charge in [-0.3, -0.25) is 9.48 Å². The van der Waals surface area contributed by atoms with E-state index in [2.05, 4.69) is 9.84 Å². The molecule has 5 nitrogen and oxygen atoms in total. The molecular formula is C17H11ClF4N2O3. The van der Waals surface area contributed by atoms with Gasteiger partial charge in [0.1, 0.15) is 12.3 Å². The van der Waals surface area contributed by atoms with E-state index in [4.69, 9.17) is 16.3 Å². The number of carbonyl (C=O) groups excluding carboxylic acids is 1. The highest BCUT2D eigenvalue weighted by atomic mass is 35.5. The Morgan fingerprint density at radius 3 is 2.63 bits per heavy atom. The lowest BCUT2D eigenvalue weighted by Gasteiger charge is -2.12. The monoisotopic (exact) mass is 402 g/mol. The van der Waals surface area contributed by atoms with Crippen molar-refractivity contribution in [2.45, 2.75) is 12.7 Å². The van der Waals surface area contributed by atoms with Crippen LogP contribution in [-0.2, 0) is 22.3 Å². The summed E-state index contributed by atoms with van der Waals surface area (Å²) in [6.45, 7) is -0.154. The zero-order valence-electron chi connectivity index (χ0n) is 13.7. The van der Waals surface area contributed by atoms with Crippen LogP contribution in [0.25, 0.3) is 10.9 Å². The number of nitrogens with zero attached hydrogens (tertiary/aromatic N) is 2. The van der Waals surface area contributed by atoms with Crippen LogP contribution in [0.4, 0.5) is 17.6 Å². The molecule has 0 aliphatic carbocycles. The Bertz CT molecular complexity index is 994. The van der Waals surface area contributed by atoms with Gasteiger partial charge in [-0.25, -0.2) is 4.39 Å². The molecule has 0 radical (unpaired) electrons. The van der Waals surface area contributed by atoms with E-state index in [1.165, 1.54) is 30.1 Å². The summed E-state index contributed by atoms with van der Waals surface area (Å²) in [5.74, 6) is -2.21. The van der Waals surface area contributed by atoms with Gasteiger partial charge in [0.15, 0.2) is 11.6 Å². The van der Waals surface area contributed by atoms with Crippen LogP contribution in [0.15, 0.2) is 36.5 Å². The number of halogens is 5. The molecule has 0 saturated heterocycles. The van der Waals surface area contributed by atoms with Gasteiger partial charge in [0.2, 0.25) is 0 Å². The lowest BCUT2D eigenvalue weighted by Crippen LogP contribution is -2.12. The SMILES string of the molecule is COC(=O)Cn1ncc2ccc(Oc3c(F)cc(C(F)(F)F)cc3Cl)cc21. The Kier molecular flexibility index (Phi) is 4.97. The van der Waals surface area contributed by atoms with E-state index < -0.39 is 34.3 Å². The molecule has 10 heteroatoms. The molecule has 3 aromatic rings. The second kappa shape index (κ2) is 7.07. The number of esters is 1. The first-order valence-electron chi connectivity index (χ1n) is 7.45. The number of benzene rings is 2. The van der Waals surface area contributed by atoms with Crippen molar-refractivity contribution >= 4 is 28.5 Å². The fourth-order valence-electron chi connectivity index (χ4n) is 2.37. The molecule has 0 aliphatic rings. The number of aromatic nitrogens is 2. The molecule has 3 rings (SSSR count). The van der Waals surface area contributed by atoms with Crippen molar-refractivity contribution in [1.82, 2.24) is 9.78 Å². The molecule has 0 aliphatic heterocycles. The van der Waals surface area contributed by atoms with Crippen LogP contribution >= 0.6 is 11.6 Å². The number of hydrogen-bond acceptors (Lipinski definition) is 4. The number of rotatable bonds is 4. The van der Waals surface area contributed by atoms with Gasteiger partial charge in [0.05, 0.1) is 29.4 Å². The van der Waals surface area contributed by atoms with Crippen LogP contribution in [0.1, 0.15) is 5.56 Å². The quantitative estimate of drug-likeness (QED) is 0.464. The normalized spacial score (nSPS) is 11.6. The average Bonchev–Trinajstić information content (AvgIpc) is 2.99. The topological polar surface area (TPSA) is 53.4 Å². The van der Waals surface area contributed by atoms with Crippen LogP contribution in [0, 0.1) is 5.82 Å². The van der Waals surface area contributed by atoms with Gasteiger partial charge in [0, 0.05) is 11.5 Å². The molecule has 1 heterocycles. The zero-order valence-corrected chi connectivity index (χ0v) is 14.4. The Balaban J connectivity index is 1.95. The fraction of sp³-hybridized carbons (Fsp3) is 0.176. The zero-order chi connectivity index (χ0) is 19.8. The van der Waals surface area contributed by atoms with Crippen molar-refractivity contribution in [3.8, 4) is 11.5 Å². The standard InChI is InChI=1S/C17H11ClF4N2O3/c1-26-15(25)8-24-14-6-11(3-2-9(14)7-23-24)27-16-12(18)4-10(5-13(16)19)17(20,21)22/h2-7H,8H2,1H3. The summed E-state index contributed by atoms with van der Waals surface area (Å²) < 4.78 is 63.5. The molecule has 0 saturated carbocycles. The maximum absolute atomic E-state index is 14.1. The Hall–Kier alpha value is -2.81. The smallest absolute Gasteiger partial charge is 0.416 e. The van der Waals surface area contributed by atoms with Crippen molar-refractivity contribution in [3.05, 3.63) is 52.9 Å². The van der Waals surface area contributed by atoms with Crippen molar-refractivity contribution in [2.24, 2.45) is 0 Å². The summed E-state index contributed by atoms with van der Waals surface area (Å²) in [6.07, 6.45) is -3.23. The third kappa shape index (κ3) is 3.97. The third-order valence-corrected chi connectivity index (χ3v) is 3.95. The van der Waals surface area contributed by atoms with Gasteiger partial charge in [-0.05, 0) is 24.3 Å². The largest absolute Gasteiger partial charge is 0.468 e. The van der Waals surface area contributed by atoms with E-state index in [-0.39, 0.29) is 12.3 Å². The van der Waals surface area contributed by atoms with Crippen LogP contribution in [-0.4, -0.2) is 22.9 Å². The van der Waals surface area contributed by atoms with E-state index in [1.807, 2.05) is 0 Å². The summed E-state index contributed by atoms with van der Waals surface area (Å²) in [7, 11) is 1.23. The predicted octanol–water partition coefficient (Wildman–Crippen LogP) is 4.81. The van der Waals surface area contributed by atoms with Crippen molar-refractivity contribution in [2.75, 3.05) is 7.11 Å². The Morgan fingerprint density at radius 1 is 1.26 bits per heavy atom. The third-order valence-electron chi connectivity index (χ3n) is 3.67. The van der Waals surface area contributed by atoms with E-state index >= 15 is 0 Å². The maximum Gasteiger partial charge on any atom is 0.416 e. The first kappa shape index (κ1) is 19.0. The molecule has 0 unspecified atom stereocenters. The maximum atomic E-state index is 14.1. The van der Waals surface area contributed by atoms with Gasteiger partial charge < -0.3 is 9.47 Å². The molecule has 1 aromatic heterocycles. The average molecular weight is 403 g/mol. The van der Waals surface area contributed by atoms with Gasteiger partial charge in [-0.15, -0.1) is 0 Å². The number of alkyl halides is 3. The second-order valence-electron chi connectivity index (χ2n) is 5.47. The molecule has 0 atom stereocenters. The molecule has 0 bridgehead atoms. The van der Waals surface area contributed by atoms with Gasteiger partial charge in [-0.2, -0.15) is 18.3 Å². The molecule has 0 spiro atoms. The first-order valence-corrected chi connectivity index (χ1v) is 7.83. The van der Waals surface area contributed by atoms with Crippen LogP contribution in [0.3, 0.4) is 0 Å². The van der Waals surface area contributed by atoms with E-state index in [1.54, 1.807) is 6.07 Å². The van der Waals surface area contributed by atoms with Crippen molar-refractivity contribution < 1.29 is 31.8 Å². The van der Waals surface area contributed by atoms with Crippen LogP contribution < -0.4 is 4.74 Å². The molecule has 142 valence electrons. The first-order chi connectivity index (χ1) is 12.7. The number of ether oxygens (including phenoxy) is 2. The molecule has 0 fully saturated rings. The summed E-state index contributed by atoms with van der Waals surface area (Å²) in [4.78, 5) is 11.4. The molecule has 2 aromatic carbocycles. The highest BCUT2D eigenvalue weighted by molar-refractivity contribution is 6.32. The predicted molar refractivity (Wildman–Crippen MR) is 88.2 cm³/mol. The molecule has 0 amide bonds. The summed E-state index contributed by atoms with van der Waals surface area (Å²) in [6, 6.07) is 5.42. The Morgan fingerprint density at radius 2 is 2.00 bits per heavy atom. The minimum absolute atomic E-state index is 0.106. The highest BCUT2D eigenvalue weighted by Crippen LogP contribution is 2.39. The van der Waals surface area contributed by atoms with Crippen molar-refractivity contribution in [3.63, 3.8) is 0 Å². The molecule has 27 heavy (non-hydrogen) atoms. The Labute approximate surface area is 155 Å². The van der Waals surface area contributed by atoms with E-state index in [0.29, 0.717) is 23.0 Å². The minimum Gasteiger partial charge on any atom is -0.468 e. The number of fused-ring (bicyclic) bond motifs is 1. The van der Waals surface area contributed by atoms with Crippen LogP contribution in [0.5, 0.6) is 11.5 Å². The van der Waals surface area contributed by atoms with E-state index in [0.717, 1.165) is 0 Å². The number of hydrogen-bond donors (Lipinski definition) is 0. The number of carbonyl (C=O) groups is 1. The summed E-state index contributed by atoms with van der Waals surface area (Å²) in [5.41, 5.74) is -0.731. The molecular weight excluding hydrogens is 392 g/mol. The van der Waals surface area contributed by atoms with Gasteiger partial charge in [-0.1, -0.05) is 11.6 Å². The summed E-state index contributed by atoms with van der Waals surface area (Å²) >= 11 is 5.76. The van der Waals surface area contributed by atoms with Crippen molar-refractivity contribution in [1.29, 1.82) is 0 Å². The minimum atomic E-state index is -4.73. The highest BCUT2D eigenvalue weighted by Gasteiger charge is 2.32. The fourth-order valence-corrected chi connectivity index (χ4v) is 2.61. The second-order valence-corrected chi connectivity index (χ2v) is 5.88. The van der Waals surface area contributed by atoms with Crippen LogP contribution in [0.2, 0.25) is 5.02 Å².